The van der Waals surface area contributed by atoms with Crippen LogP contribution in [0.15, 0.2) is 0 Å². The molecule has 0 N–H and O–H groups in total. The number of likely N-dealkylation sites (N-methyl/N-ethyl adjacent to an activating group) is 1. The second-order valence-corrected chi connectivity index (χ2v) is 5.03. The minimum atomic E-state index is 0.589. The number of nitrogens with zero attached hydrogens (tertiary/aromatic N) is 1. The minimum Gasteiger partial charge on any atom is -0.383 e. The van der Waals surface area contributed by atoms with Crippen molar-refractivity contribution < 1.29 is 4.74 Å². The van der Waals surface area contributed by atoms with Crippen LogP contribution in [0.3, 0.4) is 0 Å². The average molecular weight is 229 g/mol. The van der Waals surface area contributed by atoms with E-state index in [2.05, 4.69) is 18.9 Å². The van der Waals surface area contributed by atoms with Crippen LogP contribution < -0.4 is 0 Å². The Bertz CT molecular complexity index is 198. The molecule has 0 radical (unpaired) electrons. The number of methoxy groups -OCH3 is 1. The minimum absolute atomic E-state index is 0.589. The van der Waals surface area contributed by atoms with Crippen molar-refractivity contribution in [3.05, 3.63) is 0 Å². The maximum Gasteiger partial charge on any atom is 0.0589 e. The van der Waals surface area contributed by atoms with Crippen molar-refractivity contribution in [3.8, 4) is 0 Å². The number of hydrogen-bond donors (Lipinski definition) is 0. The molecular formula is C12H23NOS. The fourth-order valence-corrected chi connectivity index (χ4v) is 2.80. The van der Waals surface area contributed by atoms with Crippen LogP contribution in [0.1, 0.15) is 26.2 Å². The van der Waals surface area contributed by atoms with Gasteiger partial charge in [-0.05, 0) is 37.6 Å². The molecule has 15 heavy (non-hydrogen) atoms. The van der Waals surface area contributed by atoms with E-state index in [-0.39, 0.29) is 0 Å². The number of ether oxygens (including phenoxy) is 1. The zero-order valence-electron chi connectivity index (χ0n) is 10.1. The van der Waals surface area contributed by atoms with E-state index in [1.807, 2.05) is 5.37 Å². The molecule has 3 heteroatoms. The maximum atomic E-state index is 5.15. The lowest BCUT2D eigenvalue weighted by molar-refractivity contribution is 0.101. The van der Waals surface area contributed by atoms with Gasteiger partial charge in [0, 0.05) is 25.6 Å². The first-order valence-electron chi connectivity index (χ1n) is 5.83. The van der Waals surface area contributed by atoms with Crippen LogP contribution in [-0.2, 0) is 4.74 Å². The Labute approximate surface area is 99.0 Å². The van der Waals surface area contributed by atoms with Gasteiger partial charge in [0.1, 0.15) is 0 Å². The molecule has 1 aliphatic rings. The third kappa shape index (κ3) is 3.82. The summed E-state index contributed by atoms with van der Waals surface area (Å²) in [5, 5.41) is 1.98. The summed E-state index contributed by atoms with van der Waals surface area (Å²) in [4.78, 5) is 2.41. The summed E-state index contributed by atoms with van der Waals surface area (Å²) in [6.07, 6.45) is 3.87. The number of thiocarbonyl (C=S) groups is 1. The van der Waals surface area contributed by atoms with E-state index in [1.165, 1.54) is 19.3 Å². The van der Waals surface area contributed by atoms with Crippen molar-refractivity contribution in [2.24, 2.45) is 11.8 Å². The molecule has 1 fully saturated rings. The first kappa shape index (κ1) is 13.1. The molecule has 0 heterocycles. The Hall–Kier alpha value is 0.01000. The molecule has 1 saturated carbocycles. The Morgan fingerprint density at radius 3 is 2.80 bits per heavy atom. The smallest absolute Gasteiger partial charge is 0.0589 e. The van der Waals surface area contributed by atoms with Crippen molar-refractivity contribution in [3.63, 3.8) is 0 Å². The fraction of sp³-hybridized carbons (Fsp3) is 0.917. The molecule has 1 aliphatic carbocycles. The van der Waals surface area contributed by atoms with Crippen LogP contribution in [0.5, 0.6) is 0 Å². The highest BCUT2D eigenvalue weighted by Crippen LogP contribution is 2.30. The van der Waals surface area contributed by atoms with Crippen molar-refractivity contribution in [2.45, 2.75) is 32.2 Å². The van der Waals surface area contributed by atoms with Gasteiger partial charge >= 0.3 is 0 Å². The lowest BCUT2D eigenvalue weighted by Gasteiger charge is -2.38. The van der Waals surface area contributed by atoms with Gasteiger partial charge in [-0.1, -0.05) is 19.1 Å². The quantitative estimate of drug-likeness (QED) is 0.672. The van der Waals surface area contributed by atoms with Gasteiger partial charge in [0.05, 0.1) is 6.61 Å². The van der Waals surface area contributed by atoms with E-state index in [1.54, 1.807) is 7.11 Å². The maximum absolute atomic E-state index is 5.15. The molecule has 0 saturated heterocycles. The predicted molar refractivity (Wildman–Crippen MR) is 68.5 cm³/mol. The highest BCUT2D eigenvalue weighted by Gasteiger charge is 2.29. The monoisotopic (exact) mass is 229 g/mol. The van der Waals surface area contributed by atoms with Crippen molar-refractivity contribution in [2.75, 3.05) is 27.3 Å². The van der Waals surface area contributed by atoms with E-state index < -0.39 is 0 Å². The normalized spacial score (nSPS) is 31.9. The van der Waals surface area contributed by atoms with Crippen LogP contribution >= 0.6 is 12.2 Å². The van der Waals surface area contributed by atoms with E-state index in [4.69, 9.17) is 17.0 Å². The van der Waals surface area contributed by atoms with Crippen LogP contribution in [0.2, 0.25) is 0 Å². The summed E-state index contributed by atoms with van der Waals surface area (Å²) < 4.78 is 5.12. The van der Waals surface area contributed by atoms with E-state index in [0.717, 1.165) is 19.1 Å². The Kier molecular flexibility index (Phi) is 5.72. The zero-order valence-corrected chi connectivity index (χ0v) is 10.9. The SMILES string of the molecule is COCCN(C)[C@@H]1CC[C@H](C)CC1C=S. The molecule has 3 atom stereocenters. The molecule has 0 aromatic carbocycles. The van der Waals surface area contributed by atoms with Gasteiger partial charge in [0.2, 0.25) is 0 Å². The molecule has 1 unspecified atom stereocenters. The lowest BCUT2D eigenvalue weighted by Crippen LogP contribution is -2.43. The summed E-state index contributed by atoms with van der Waals surface area (Å²) in [6, 6.07) is 0.633. The van der Waals surface area contributed by atoms with Gasteiger partial charge in [-0.3, -0.25) is 0 Å². The Morgan fingerprint density at radius 2 is 2.20 bits per heavy atom. The van der Waals surface area contributed by atoms with E-state index >= 15 is 0 Å². The fourth-order valence-electron chi connectivity index (χ4n) is 2.50. The zero-order chi connectivity index (χ0) is 11.3. The van der Waals surface area contributed by atoms with Gasteiger partial charge in [-0.25, -0.2) is 0 Å². The van der Waals surface area contributed by atoms with E-state index in [0.29, 0.717) is 12.0 Å². The molecule has 0 bridgehead atoms. The Balaban J connectivity index is 2.47. The summed E-state index contributed by atoms with van der Waals surface area (Å²) in [5.74, 6) is 1.42. The van der Waals surface area contributed by atoms with Gasteiger partial charge in [-0.2, -0.15) is 0 Å². The largest absolute Gasteiger partial charge is 0.383 e. The molecule has 0 amide bonds. The molecule has 0 aromatic heterocycles. The van der Waals surface area contributed by atoms with Crippen LogP contribution in [-0.4, -0.2) is 43.6 Å². The molecule has 88 valence electrons. The highest BCUT2D eigenvalue weighted by atomic mass is 32.1. The van der Waals surface area contributed by atoms with Crippen LogP contribution in [0.25, 0.3) is 0 Å². The standard InChI is InChI=1S/C12H23NOS/c1-10-4-5-12(11(8-10)9-15)13(2)6-7-14-3/h9-12H,4-8H2,1-3H3/t10-,11?,12+/m0/s1. The second kappa shape index (κ2) is 6.56. The third-order valence-corrected chi connectivity index (χ3v) is 3.86. The first-order valence-corrected chi connectivity index (χ1v) is 6.30. The van der Waals surface area contributed by atoms with Crippen LogP contribution in [0.4, 0.5) is 0 Å². The van der Waals surface area contributed by atoms with Gasteiger partial charge in [0.15, 0.2) is 0 Å². The van der Waals surface area contributed by atoms with Crippen molar-refractivity contribution in [1.29, 1.82) is 0 Å². The third-order valence-electron chi connectivity index (χ3n) is 3.51. The lowest BCUT2D eigenvalue weighted by atomic mass is 9.79. The topological polar surface area (TPSA) is 12.5 Å². The second-order valence-electron chi connectivity index (χ2n) is 4.76. The van der Waals surface area contributed by atoms with Crippen molar-refractivity contribution in [1.82, 2.24) is 4.90 Å². The van der Waals surface area contributed by atoms with Gasteiger partial charge in [-0.15, -0.1) is 0 Å². The molecule has 0 aromatic rings. The van der Waals surface area contributed by atoms with Gasteiger partial charge < -0.3 is 9.64 Å². The van der Waals surface area contributed by atoms with Crippen molar-refractivity contribution >= 4 is 17.6 Å². The number of rotatable bonds is 5. The first-order chi connectivity index (χ1) is 7.19. The van der Waals surface area contributed by atoms with Gasteiger partial charge in [0.25, 0.3) is 0 Å². The van der Waals surface area contributed by atoms with E-state index in [9.17, 15) is 0 Å². The predicted octanol–water partition coefficient (Wildman–Crippen LogP) is 2.37. The highest BCUT2D eigenvalue weighted by molar-refractivity contribution is 7.79. The summed E-state index contributed by atoms with van der Waals surface area (Å²) in [6.45, 7) is 4.15. The Morgan fingerprint density at radius 1 is 1.47 bits per heavy atom. The average Bonchev–Trinajstić information content (AvgIpc) is 2.25. The summed E-state index contributed by atoms with van der Waals surface area (Å²) >= 11 is 5.15. The number of hydrogen-bond acceptors (Lipinski definition) is 3. The molecule has 0 spiro atoms. The van der Waals surface area contributed by atoms with Crippen LogP contribution in [0, 0.1) is 11.8 Å². The molecule has 1 rings (SSSR count). The molecular weight excluding hydrogens is 206 g/mol. The summed E-state index contributed by atoms with van der Waals surface area (Å²) in [7, 11) is 3.94. The summed E-state index contributed by atoms with van der Waals surface area (Å²) in [5.41, 5.74) is 0. The molecule has 2 nitrogen and oxygen atoms in total. The molecule has 0 aliphatic heterocycles.